The fraction of sp³-hybridized carbons (Fsp3) is 0.667. The van der Waals surface area contributed by atoms with Crippen molar-refractivity contribution >= 4 is 17.9 Å². The lowest BCUT2D eigenvalue weighted by Gasteiger charge is -2.37. The lowest BCUT2D eigenvalue weighted by molar-refractivity contribution is -0.148. The van der Waals surface area contributed by atoms with E-state index in [1.165, 1.54) is 12.1 Å². The Morgan fingerprint density at radius 3 is 2.52 bits per heavy atom. The van der Waals surface area contributed by atoms with Crippen LogP contribution in [-0.4, -0.2) is 63.5 Å². The molecule has 216 valence electrons. The van der Waals surface area contributed by atoms with Gasteiger partial charge in [0, 0.05) is 24.1 Å². The number of hydrogen-bond acceptors (Lipinski definition) is 5. The molecule has 1 aromatic rings. The van der Waals surface area contributed by atoms with Gasteiger partial charge < -0.3 is 19.9 Å². The number of fused-ring (bicyclic) bond motifs is 1. The standard InChI is InChI=1S/C30H38F2N4O4/c1-29(2,3)40-28(39)34-23-10-5-4-9-20-11-12-24(36(20)26(23)37)27(38)35-17-21(22(16-33)30(35)13-14-30)18-7-6-8-19(15-18)25(31)32/h6-8,15,20-25H,4-5,9-14,17H2,1-3H3,(H,34,39)/t20-,21-,22-,23-,24-/m0/s1. The van der Waals surface area contributed by atoms with Gasteiger partial charge in [-0.15, -0.1) is 0 Å². The molecule has 8 nitrogen and oxygen atoms in total. The van der Waals surface area contributed by atoms with E-state index in [9.17, 15) is 28.4 Å². The molecule has 1 saturated carbocycles. The van der Waals surface area contributed by atoms with E-state index < -0.39 is 41.7 Å². The predicted molar refractivity (Wildman–Crippen MR) is 142 cm³/mol. The molecule has 5 rings (SSSR count). The Hall–Kier alpha value is -3.22. The number of alkyl halides is 2. The summed E-state index contributed by atoms with van der Waals surface area (Å²) < 4.78 is 32.3. The van der Waals surface area contributed by atoms with Crippen LogP contribution in [0.3, 0.4) is 0 Å². The van der Waals surface area contributed by atoms with Crippen LogP contribution in [-0.2, 0) is 14.3 Å². The molecule has 4 fully saturated rings. The Balaban J connectivity index is 1.39. The van der Waals surface area contributed by atoms with E-state index in [2.05, 4.69) is 11.4 Å². The van der Waals surface area contributed by atoms with Gasteiger partial charge in [0.2, 0.25) is 11.8 Å². The van der Waals surface area contributed by atoms with E-state index in [1.54, 1.807) is 42.7 Å². The van der Waals surface area contributed by atoms with Crippen LogP contribution in [0.5, 0.6) is 0 Å². The minimum atomic E-state index is -2.62. The van der Waals surface area contributed by atoms with Crippen LogP contribution in [0.25, 0.3) is 0 Å². The van der Waals surface area contributed by atoms with Gasteiger partial charge >= 0.3 is 6.09 Å². The van der Waals surface area contributed by atoms with Crippen LogP contribution in [0.1, 0.15) is 95.6 Å². The summed E-state index contributed by atoms with van der Waals surface area (Å²) >= 11 is 0. The lowest BCUT2D eigenvalue weighted by atomic mass is 9.84. The number of carbonyl (C=O) groups excluding carboxylic acids is 3. The Morgan fingerprint density at radius 2 is 1.88 bits per heavy atom. The highest BCUT2D eigenvalue weighted by atomic mass is 19.3. The zero-order chi connectivity index (χ0) is 28.8. The SMILES string of the molecule is CC(C)(C)OC(=O)N[C@H]1CCCC[C@H]2CC[C@@H](C(=O)N3C[C@@H](c4cccc(C(F)F)c4)[C@H](C#N)C34CC4)N2C1=O. The van der Waals surface area contributed by atoms with E-state index in [4.69, 9.17) is 4.74 Å². The number of alkyl carbamates (subject to hydrolysis) is 1. The van der Waals surface area contributed by atoms with Crippen LogP contribution >= 0.6 is 0 Å². The predicted octanol–water partition coefficient (Wildman–Crippen LogP) is 5.05. The average molecular weight is 557 g/mol. The third kappa shape index (κ3) is 5.27. The number of nitrogens with one attached hydrogen (secondary N) is 1. The van der Waals surface area contributed by atoms with Crippen molar-refractivity contribution in [2.75, 3.05) is 6.54 Å². The quantitative estimate of drug-likeness (QED) is 0.559. The minimum absolute atomic E-state index is 0.0901. The number of halogens is 2. The second-order valence-electron chi connectivity index (χ2n) is 12.7. The lowest BCUT2D eigenvalue weighted by Crippen LogP contribution is -2.58. The summed E-state index contributed by atoms with van der Waals surface area (Å²) in [6, 6.07) is 7.00. The molecule has 10 heteroatoms. The maximum absolute atomic E-state index is 14.2. The van der Waals surface area contributed by atoms with Crippen molar-refractivity contribution in [2.24, 2.45) is 5.92 Å². The number of benzene rings is 1. The molecule has 1 spiro atoms. The van der Waals surface area contributed by atoms with Crippen LogP contribution in [0.2, 0.25) is 0 Å². The molecule has 3 aliphatic heterocycles. The molecule has 3 saturated heterocycles. The summed E-state index contributed by atoms with van der Waals surface area (Å²) in [7, 11) is 0. The number of rotatable bonds is 4. The normalized spacial score (nSPS) is 29.5. The summed E-state index contributed by atoms with van der Waals surface area (Å²) in [4.78, 5) is 44.1. The maximum atomic E-state index is 14.2. The van der Waals surface area contributed by atoms with Gasteiger partial charge in [0.25, 0.3) is 6.43 Å². The van der Waals surface area contributed by atoms with E-state index in [0.717, 1.165) is 19.3 Å². The largest absolute Gasteiger partial charge is 0.444 e. The first-order valence-electron chi connectivity index (χ1n) is 14.4. The summed E-state index contributed by atoms with van der Waals surface area (Å²) in [5.41, 5.74) is -0.799. The third-order valence-corrected chi connectivity index (χ3v) is 8.97. The highest BCUT2D eigenvalue weighted by Gasteiger charge is 2.64. The Morgan fingerprint density at radius 1 is 1.15 bits per heavy atom. The van der Waals surface area contributed by atoms with Crippen molar-refractivity contribution in [2.45, 2.75) is 114 Å². The number of likely N-dealkylation sites (tertiary alicyclic amines) is 1. The molecule has 1 N–H and O–H groups in total. The van der Waals surface area contributed by atoms with Crippen molar-refractivity contribution in [3.05, 3.63) is 35.4 Å². The molecule has 3 amide bonds. The molecule has 0 aromatic heterocycles. The van der Waals surface area contributed by atoms with Crippen LogP contribution in [0, 0.1) is 17.2 Å². The van der Waals surface area contributed by atoms with E-state index in [1.807, 2.05) is 0 Å². The smallest absolute Gasteiger partial charge is 0.408 e. The highest BCUT2D eigenvalue weighted by molar-refractivity contribution is 5.93. The van der Waals surface area contributed by atoms with Crippen molar-refractivity contribution in [1.29, 1.82) is 5.26 Å². The number of nitrogens with zero attached hydrogens (tertiary/aromatic N) is 3. The van der Waals surface area contributed by atoms with Gasteiger partial charge in [-0.1, -0.05) is 31.0 Å². The van der Waals surface area contributed by atoms with Gasteiger partial charge in [-0.05, 0) is 70.9 Å². The van der Waals surface area contributed by atoms with Crippen molar-refractivity contribution in [3.8, 4) is 6.07 Å². The first-order chi connectivity index (χ1) is 18.9. The number of carbonyl (C=O) groups is 3. The summed E-state index contributed by atoms with van der Waals surface area (Å²) in [6.45, 7) is 5.53. The van der Waals surface area contributed by atoms with Gasteiger partial charge in [0.05, 0.1) is 17.5 Å². The zero-order valence-electron chi connectivity index (χ0n) is 23.4. The number of amides is 3. The molecule has 1 aliphatic carbocycles. The highest BCUT2D eigenvalue weighted by Crippen LogP contribution is 2.58. The van der Waals surface area contributed by atoms with Gasteiger partial charge in [0.1, 0.15) is 17.7 Å². The molecule has 5 atom stereocenters. The maximum Gasteiger partial charge on any atom is 0.408 e. The van der Waals surface area contributed by atoms with Crippen molar-refractivity contribution in [3.63, 3.8) is 0 Å². The van der Waals surface area contributed by atoms with E-state index >= 15 is 0 Å². The Kier molecular flexibility index (Phi) is 7.53. The zero-order valence-corrected chi connectivity index (χ0v) is 23.4. The molecule has 0 radical (unpaired) electrons. The molecular weight excluding hydrogens is 518 g/mol. The van der Waals surface area contributed by atoms with E-state index in [-0.39, 0.29) is 35.9 Å². The fourth-order valence-corrected chi connectivity index (χ4v) is 7.02. The third-order valence-electron chi connectivity index (χ3n) is 8.97. The summed E-state index contributed by atoms with van der Waals surface area (Å²) in [5.74, 6) is -1.34. The van der Waals surface area contributed by atoms with Crippen LogP contribution in [0.15, 0.2) is 24.3 Å². The number of hydrogen-bond donors (Lipinski definition) is 1. The van der Waals surface area contributed by atoms with Crippen molar-refractivity contribution in [1.82, 2.24) is 15.1 Å². The minimum Gasteiger partial charge on any atom is -0.444 e. The molecule has 40 heavy (non-hydrogen) atoms. The Bertz CT molecular complexity index is 1200. The monoisotopic (exact) mass is 556 g/mol. The van der Waals surface area contributed by atoms with Gasteiger partial charge in [-0.3, -0.25) is 9.59 Å². The first-order valence-corrected chi connectivity index (χ1v) is 14.4. The van der Waals surface area contributed by atoms with Gasteiger partial charge in [-0.25, -0.2) is 13.6 Å². The van der Waals surface area contributed by atoms with Gasteiger partial charge in [0.15, 0.2) is 0 Å². The van der Waals surface area contributed by atoms with E-state index in [0.29, 0.717) is 37.7 Å². The summed E-state index contributed by atoms with van der Waals surface area (Å²) in [6.07, 6.45) is 2.22. The molecule has 1 aromatic carbocycles. The first kappa shape index (κ1) is 28.3. The molecule has 0 unspecified atom stereocenters. The second-order valence-corrected chi connectivity index (χ2v) is 12.7. The fourth-order valence-electron chi connectivity index (χ4n) is 7.02. The molecule has 0 bridgehead atoms. The Labute approximate surface area is 234 Å². The second kappa shape index (κ2) is 10.6. The average Bonchev–Trinajstić information content (AvgIpc) is 3.45. The molecular formula is C30H38F2N4O4. The van der Waals surface area contributed by atoms with Crippen molar-refractivity contribution < 1.29 is 27.9 Å². The molecule has 3 heterocycles. The van der Waals surface area contributed by atoms with Crippen LogP contribution < -0.4 is 5.32 Å². The number of nitriles is 1. The molecule has 4 aliphatic rings. The topological polar surface area (TPSA) is 103 Å². The van der Waals surface area contributed by atoms with Gasteiger partial charge in [-0.2, -0.15) is 5.26 Å². The van der Waals surface area contributed by atoms with Crippen LogP contribution in [0.4, 0.5) is 13.6 Å². The summed E-state index contributed by atoms with van der Waals surface area (Å²) in [5, 5.41) is 12.9. The number of ether oxygens (including phenoxy) is 1.